The highest BCUT2D eigenvalue weighted by atomic mass is 32.2. The Morgan fingerprint density at radius 2 is 1.36 bits per heavy atom. The highest BCUT2D eigenvalue weighted by Crippen LogP contribution is 2.29. The fourth-order valence-corrected chi connectivity index (χ4v) is 4.58. The molecule has 2 heterocycles. The maximum Gasteiger partial charge on any atom is 0.307 e. The zero-order valence-corrected chi connectivity index (χ0v) is 17.4. The Morgan fingerprint density at radius 3 is 1.75 bits per heavy atom. The molecule has 0 atom stereocenters. The van der Waals surface area contributed by atoms with Crippen LogP contribution in [0.2, 0.25) is 0 Å². The summed E-state index contributed by atoms with van der Waals surface area (Å²) in [7, 11) is 0. The molecule has 0 bridgehead atoms. The molecule has 4 rings (SSSR count). The van der Waals surface area contributed by atoms with E-state index < -0.39 is 11.9 Å². The average molecular weight is 411 g/mol. The number of fused-ring (bicyclic) bond motifs is 2. The molecule has 4 aromatic rings. The van der Waals surface area contributed by atoms with Crippen LogP contribution in [0, 0.1) is 5.92 Å². The number of hydrogen-bond acceptors (Lipinski definition) is 3. The number of benzene rings is 2. The highest BCUT2D eigenvalue weighted by Gasteiger charge is 2.22. The molecule has 0 saturated carbocycles. The Morgan fingerprint density at radius 1 is 0.893 bits per heavy atom. The van der Waals surface area contributed by atoms with Crippen LogP contribution in [-0.4, -0.2) is 33.6 Å². The van der Waals surface area contributed by atoms with Crippen LogP contribution in [-0.2, 0) is 17.6 Å². The van der Waals surface area contributed by atoms with E-state index in [2.05, 4.69) is 58.9 Å². The van der Waals surface area contributed by atoms with Gasteiger partial charge in [-0.05, 0) is 60.7 Å². The van der Waals surface area contributed by atoms with Gasteiger partial charge in [-0.1, -0.05) is 12.1 Å². The fourth-order valence-electron chi connectivity index (χ4n) is 3.70. The van der Waals surface area contributed by atoms with Crippen molar-refractivity contribution in [2.24, 2.45) is 5.92 Å². The first-order valence-electron chi connectivity index (χ1n) is 9.10. The van der Waals surface area contributed by atoms with Gasteiger partial charge in [0.15, 0.2) is 0 Å². The van der Waals surface area contributed by atoms with Crippen molar-refractivity contribution in [2.45, 2.75) is 22.6 Å². The van der Waals surface area contributed by atoms with Crippen LogP contribution in [0.25, 0.3) is 21.8 Å². The number of rotatable bonds is 7. The van der Waals surface area contributed by atoms with Gasteiger partial charge in [0.25, 0.3) is 0 Å². The average Bonchev–Trinajstić information content (AvgIpc) is 3.30. The number of carboxylic acids is 1. The molecule has 0 amide bonds. The lowest BCUT2D eigenvalue weighted by atomic mass is 9.92. The Hall–Kier alpha value is -2.31. The normalized spacial score (nSPS) is 11.7. The molecule has 0 aliphatic carbocycles. The quantitative estimate of drug-likeness (QED) is 0.348. The lowest BCUT2D eigenvalue weighted by Gasteiger charge is -2.12. The van der Waals surface area contributed by atoms with E-state index in [4.69, 9.17) is 0 Å². The van der Waals surface area contributed by atoms with Crippen molar-refractivity contribution in [1.82, 2.24) is 9.97 Å². The Kier molecular flexibility index (Phi) is 5.42. The van der Waals surface area contributed by atoms with E-state index in [-0.39, 0.29) is 0 Å². The van der Waals surface area contributed by atoms with Gasteiger partial charge in [-0.25, -0.2) is 0 Å². The first kappa shape index (κ1) is 19.0. The second-order valence-corrected chi connectivity index (χ2v) is 8.65. The van der Waals surface area contributed by atoms with E-state index in [1.54, 1.807) is 23.5 Å². The van der Waals surface area contributed by atoms with Crippen molar-refractivity contribution in [3.63, 3.8) is 0 Å². The van der Waals surface area contributed by atoms with E-state index in [9.17, 15) is 9.90 Å². The van der Waals surface area contributed by atoms with Crippen molar-refractivity contribution < 1.29 is 9.90 Å². The number of aromatic amines is 2. The number of carbonyl (C=O) groups is 1. The van der Waals surface area contributed by atoms with Crippen molar-refractivity contribution in [1.29, 1.82) is 0 Å². The molecule has 2 aromatic carbocycles. The van der Waals surface area contributed by atoms with Gasteiger partial charge in [0.2, 0.25) is 0 Å². The summed E-state index contributed by atoms with van der Waals surface area (Å²) in [5.74, 6) is -1.23. The van der Waals surface area contributed by atoms with E-state index in [1.165, 1.54) is 9.79 Å². The summed E-state index contributed by atoms with van der Waals surface area (Å²) in [5.41, 5.74) is 4.23. The molecule has 4 nitrogen and oxygen atoms in total. The highest BCUT2D eigenvalue weighted by molar-refractivity contribution is 7.98. The molecule has 0 spiro atoms. The topological polar surface area (TPSA) is 68.9 Å². The van der Waals surface area contributed by atoms with Crippen molar-refractivity contribution in [3.8, 4) is 0 Å². The molecular formula is C22H22N2O2S2. The minimum absolute atomic E-state index is 0.474. The maximum absolute atomic E-state index is 12.0. The third-order valence-electron chi connectivity index (χ3n) is 5.23. The van der Waals surface area contributed by atoms with Gasteiger partial charge in [-0.15, -0.1) is 23.5 Å². The van der Waals surface area contributed by atoms with E-state index in [0.29, 0.717) is 12.8 Å². The summed E-state index contributed by atoms with van der Waals surface area (Å²) < 4.78 is 0. The van der Waals surface area contributed by atoms with Gasteiger partial charge in [-0.3, -0.25) is 4.79 Å². The molecular weight excluding hydrogens is 388 g/mol. The monoisotopic (exact) mass is 410 g/mol. The van der Waals surface area contributed by atoms with Crippen LogP contribution in [0.5, 0.6) is 0 Å². The molecule has 144 valence electrons. The van der Waals surface area contributed by atoms with Crippen LogP contribution in [0.1, 0.15) is 11.1 Å². The molecule has 0 fully saturated rings. The minimum atomic E-state index is -0.759. The number of H-pyrrole nitrogens is 2. The SMILES string of the molecule is CSc1ccc2c(CC(Cc3c[nH]c4cc(SC)ccc34)C(=O)O)c[nH]c2c1. The van der Waals surface area contributed by atoms with Crippen LogP contribution < -0.4 is 0 Å². The molecule has 0 aliphatic rings. The zero-order valence-electron chi connectivity index (χ0n) is 15.8. The number of nitrogens with one attached hydrogen (secondary N) is 2. The molecule has 0 radical (unpaired) electrons. The van der Waals surface area contributed by atoms with Crippen LogP contribution in [0.4, 0.5) is 0 Å². The maximum atomic E-state index is 12.0. The first-order valence-corrected chi connectivity index (χ1v) is 11.5. The second kappa shape index (κ2) is 7.97. The van der Waals surface area contributed by atoms with Gasteiger partial charge in [0.05, 0.1) is 5.92 Å². The first-order chi connectivity index (χ1) is 13.6. The van der Waals surface area contributed by atoms with Crippen molar-refractivity contribution in [3.05, 3.63) is 59.9 Å². The van der Waals surface area contributed by atoms with Crippen LogP contribution >= 0.6 is 23.5 Å². The smallest absolute Gasteiger partial charge is 0.307 e. The van der Waals surface area contributed by atoms with E-state index in [1.807, 2.05) is 12.4 Å². The van der Waals surface area contributed by atoms with Crippen molar-refractivity contribution in [2.75, 3.05) is 12.5 Å². The Balaban J connectivity index is 1.61. The molecule has 28 heavy (non-hydrogen) atoms. The van der Waals surface area contributed by atoms with Crippen LogP contribution in [0.15, 0.2) is 58.6 Å². The standard InChI is InChI=1S/C22H22N2O2S2/c1-27-16-3-5-18-14(11-23-20(18)9-16)7-13(22(25)26)8-15-12-24-21-10-17(28-2)4-6-19(15)21/h3-6,9-13,23-24H,7-8H2,1-2H3,(H,25,26). The largest absolute Gasteiger partial charge is 0.481 e. The van der Waals surface area contributed by atoms with Gasteiger partial charge < -0.3 is 15.1 Å². The number of aromatic nitrogens is 2. The summed E-state index contributed by atoms with van der Waals surface area (Å²) in [4.78, 5) is 21.0. The predicted molar refractivity (Wildman–Crippen MR) is 119 cm³/mol. The van der Waals surface area contributed by atoms with Gasteiger partial charge in [0.1, 0.15) is 0 Å². The lowest BCUT2D eigenvalue weighted by Crippen LogP contribution is -2.19. The molecule has 0 aliphatic heterocycles. The molecule has 0 unspecified atom stereocenters. The van der Waals surface area contributed by atoms with Crippen molar-refractivity contribution >= 4 is 51.3 Å². The van der Waals surface area contributed by atoms with Gasteiger partial charge >= 0.3 is 5.97 Å². The Bertz CT molecular complexity index is 1060. The molecule has 3 N–H and O–H groups in total. The van der Waals surface area contributed by atoms with Gasteiger partial charge in [0, 0.05) is 44.0 Å². The summed E-state index contributed by atoms with van der Waals surface area (Å²) in [5, 5.41) is 12.1. The number of carboxylic acid groups (broad SMARTS) is 1. The van der Waals surface area contributed by atoms with E-state index >= 15 is 0 Å². The van der Waals surface area contributed by atoms with E-state index in [0.717, 1.165) is 32.9 Å². The second-order valence-electron chi connectivity index (χ2n) is 6.89. The summed E-state index contributed by atoms with van der Waals surface area (Å²) in [6.07, 6.45) is 9.01. The number of aliphatic carboxylic acids is 1. The third kappa shape index (κ3) is 3.66. The minimum Gasteiger partial charge on any atom is -0.481 e. The lowest BCUT2D eigenvalue weighted by molar-refractivity contribution is -0.141. The molecule has 0 saturated heterocycles. The zero-order chi connectivity index (χ0) is 19.7. The Labute approximate surface area is 172 Å². The molecule has 6 heteroatoms. The number of hydrogen-bond donors (Lipinski definition) is 3. The molecule has 2 aromatic heterocycles. The summed E-state index contributed by atoms with van der Waals surface area (Å²) in [6.45, 7) is 0. The summed E-state index contributed by atoms with van der Waals surface area (Å²) in [6, 6.07) is 12.6. The number of thioether (sulfide) groups is 2. The predicted octanol–water partition coefficient (Wildman–Crippen LogP) is 5.58. The van der Waals surface area contributed by atoms with Gasteiger partial charge in [-0.2, -0.15) is 0 Å². The third-order valence-corrected chi connectivity index (χ3v) is 6.68. The summed E-state index contributed by atoms with van der Waals surface area (Å²) >= 11 is 3.40. The van der Waals surface area contributed by atoms with Crippen LogP contribution in [0.3, 0.4) is 0 Å². The fraction of sp³-hybridized carbons (Fsp3) is 0.227.